The molecule has 0 saturated carbocycles. The van der Waals surface area contributed by atoms with Crippen molar-refractivity contribution in [2.75, 3.05) is 13.1 Å². The van der Waals surface area contributed by atoms with E-state index in [1.54, 1.807) is 0 Å². The van der Waals surface area contributed by atoms with Gasteiger partial charge in [-0.3, -0.25) is 9.80 Å². The first-order valence-electron chi connectivity index (χ1n) is 5.81. The van der Waals surface area contributed by atoms with E-state index in [0.29, 0.717) is 0 Å². The molecule has 0 spiro atoms. The van der Waals surface area contributed by atoms with Crippen LogP contribution >= 0.6 is 0 Å². The van der Waals surface area contributed by atoms with Crippen LogP contribution in [0.4, 0.5) is 0 Å². The molecule has 6 heteroatoms. The minimum Gasteiger partial charge on any atom is -0.316 e. The van der Waals surface area contributed by atoms with Crippen LogP contribution in [0.2, 0.25) is 0 Å². The van der Waals surface area contributed by atoms with Crippen molar-refractivity contribution < 1.29 is 0 Å². The van der Waals surface area contributed by atoms with Crippen LogP contribution in [0.1, 0.15) is 27.7 Å². The van der Waals surface area contributed by atoms with Gasteiger partial charge in [0.1, 0.15) is 0 Å². The lowest BCUT2D eigenvalue weighted by atomic mass is 10.3. The van der Waals surface area contributed by atoms with Gasteiger partial charge < -0.3 is 22.9 Å². The third kappa shape index (κ3) is 5.20. The topological polar surface area (TPSA) is 111 Å². The van der Waals surface area contributed by atoms with Gasteiger partial charge in [0.15, 0.2) is 0 Å². The van der Waals surface area contributed by atoms with E-state index in [1.165, 1.54) is 0 Å². The fourth-order valence-corrected chi connectivity index (χ4v) is 1.79. The molecule has 0 amide bonds. The van der Waals surface area contributed by atoms with E-state index < -0.39 is 0 Å². The molecule has 0 radical (unpaired) electrons. The Bertz CT molecular complexity index is 144. The molecule has 0 bridgehead atoms. The first-order chi connectivity index (χ1) is 7.27. The second kappa shape index (κ2) is 7.16. The van der Waals surface area contributed by atoms with E-state index >= 15 is 0 Å². The van der Waals surface area contributed by atoms with Gasteiger partial charge in [-0.25, -0.2) is 0 Å². The molecule has 4 unspecified atom stereocenters. The lowest BCUT2D eigenvalue weighted by Crippen LogP contribution is -2.56. The van der Waals surface area contributed by atoms with Crippen LogP contribution in [-0.2, 0) is 0 Å². The minimum absolute atomic E-state index is 0.0667. The van der Waals surface area contributed by atoms with Crippen molar-refractivity contribution in [1.82, 2.24) is 9.80 Å². The van der Waals surface area contributed by atoms with Gasteiger partial charge in [0.05, 0.1) is 24.7 Å². The maximum absolute atomic E-state index is 5.84. The Morgan fingerprint density at radius 3 is 0.938 bits per heavy atom. The van der Waals surface area contributed by atoms with Crippen LogP contribution in [-0.4, -0.2) is 47.6 Å². The molecule has 98 valence electrons. The maximum Gasteiger partial charge on any atom is 0.0557 e. The van der Waals surface area contributed by atoms with Crippen molar-refractivity contribution in [2.24, 2.45) is 22.9 Å². The van der Waals surface area contributed by atoms with E-state index in [9.17, 15) is 0 Å². The predicted octanol–water partition coefficient (Wildman–Crippen LogP) is -1.19. The van der Waals surface area contributed by atoms with Gasteiger partial charge in [-0.1, -0.05) is 0 Å². The minimum atomic E-state index is -0.0667. The molecular weight excluding hydrogens is 204 g/mol. The molecule has 8 N–H and O–H groups in total. The zero-order valence-electron chi connectivity index (χ0n) is 10.9. The Labute approximate surface area is 98.9 Å². The quantitative estimate of drug-likeness (QED) is 0.411. The van der Waals surface area contributed by atoms with E-state index in [4.69, 9.17) is 22.9 Å². The summed E-state index contributed by atoms with van der Waals surface area (Å²) in [5, 5.41) is 0. The Morgan fingerprint density at radius 1 is 0.625 bits per heavy atom. The van der Waals surface area contributed by atoms with Gasteiger partial charge in [-0.2, -0.15) is 0 Å². The molecular formula is C10H28N6. The summed E-state index contributed by atoms with van der Waals surface area (Å²) in [6, 6.07) is 0. The van der Waals surface area contributed by atoms with Gasteiger partial charge in [0, 0.05) is 13.1 Å². The first kappa shape index (κ1) is 15.8. The summed E-state index contributed by atoms with van der Waals surface area (Å²) in [5.41, 5.74) is 23.4. The summed E-state index contributed by atoms with van der Waals surface area (Å²) < 4.78 is 0. The Hall–Kier alpha value is -0.240. The lowest BCUT2D eigenvalue weighted by Gasteiger charge is -2.35. The fraction of sp³-hybridized carbons (Fsp3) is 1.00. The van der Waals surface area contributed by atoms with Crippen LogP contribution < -0.4 is 22.9 Å². The Balaban J connectivity index is 4.27. The summed E-state index contributed by atoms with van der Waals surface area (Å²) in [7, 11) is 0. The fourth-order valence-electron chi connectivity index (χ4n) is 1.79. The van der Waals surface area contributed by atoms with E-state index in [2.05, 4.69) is 0 Å². The average molecular weight is 232 g/mol. The number of nitrogens with two attached hydrogens (primary N) is 4. The molecule has 0 heterocycles. The number of nitrogens with zero attached hydrogens (tertiary/aromatic N) is 2. The van der Waals surface area contributed by atoms with Crippen LogP contribution in [0.5, 0.6) is 0 Å². The molecule has 0 fully saturated rings. The summed E-state index contributed by atoms with van der Waals surface area (Å²) in [4.78, 5) is 4.02. The predicted molar refractivity (Wildman–Crippen MR) is 68.0 cm³/mol. The summed E-state index contributed by atoms with van der Waals surface area (Å²) in [6.07, 6.45) is -0.267. The zero-order chi connectivity index (χ0) is 12.9. The number of hydrogen-bond donors (Lipinski definition) is 4. The Kier molecular flexibility index (Phi) is 7.05. The summed E-state index contributed by atoms with van der Waals surface area (Å²) in [6.45, 7) is 9.21. The largest absolute Gasteiger partial charge is 0.316 e. The zero-order valence-corrected chi connectivity index (χ0v) is 10.9. The molecule has 0 saturated heterocycles. The molecule has 0 aromatic heterocycles. The normalized spacial score (nSPS) is 19.9. The first-order valence-corrected chi connectivity index (χ1v) is 5.81. The van der Waals surface area contributed by atoms with E-state index in [0.717, 1.165) is 13.1 Å². The van der Waals surface area contributed by atoms with Gasteiger partial charge >= 0.3 is 0 Å². The van der Waals surface area contributed by atoms with Crippen molar-refractivity contribution in [3.05, 3.63) is 0 Å². The molecule has 0 aliphatic rings. The molecule has 6 nitrogen and oxygen atoms in total. The number of rotatable bonds is 7. The average Bonchev–Trinajstić information content (AvgIpc) is 2.09. The molecule has 0 aromatic carbocycles. The third-order valence-electron chi connectivity index (χ3n) is 2.71. The van der Waals surface area contributed by atoms with Crippen molar-refractivity contribution >= 4 is 0 Å². The molecule has 0 aliphatic carbocycles. The van der Waals surface area contributed by atoms with Crippen molar-refractivity contribution in [1.29, 1.82) is 0 Å². The van der Waals surface area contributed by atoms with Crippen LogP contribution in [0.25, 0.3) is 0 Å². The van der Waals surface area contributed by atoms with Crippen molar-refractivity contribution in [3.63, 3.8) is 0 Å². The van der Waals surface area contributed by atoms with Crippen molar-refractivity contribution in [2.45, 2.75) is 52.4 Å². The highest BCUT2D eigenvalue weighted by Gasteiger charge is 2.18. The lowest BCUT2D eigenvalue weighted by molar-refractivity contribution is 0.0980. The molecule has 0 aliphatic heterocycles. The van der Waals surface area contributed by atoms with Gasteiger partial charge in [-0.15, -0.1) is 0 Å². The number of hydrogen-bond acceptors (Lipinski definition) is 6. The summed E-state index contributed by atoms with van der Waals surface area (Å²) in [5.74, 6) is 0. The third-order valence-corrected chi connectivity index (χ3v) is 2.71. The van der Waals surface area contributed by atoms with Crippen LogP contribution in [0.3, 0.4) is 0 Å². The van der Waals surface area contributed by atoms with Crippen LogP contribution in [0, 0.1) is 0 Å². The second-order valence-corrected chi connectivity index (χ2v) is 4.44. The maximum atomic E-state index is 5.84. The smallest absolute Gasteiger partial charge is 0.0557 e. The van der Waals surface area contributed by atoms with Gasteiger partial charge in [0.2, 0.25) is 0 Å². The summed E-state index contributed by atoms with van der Waals surface area (Å²) >= 11 is 0. The van der Waals surface area contributed by atoms with E-state index in [-0.39, 0.29) is 24.7 Å². The monoisotopic (exact) mass is 232 g/mol. The highest BCUT2D eigenvalue weighted by atomic mass is 15.3. The molecule has 4 atom stereocenters. The highest BCUT2D eigenvalue weighted by Crippen LogP contribution is 2.01. The standard InChI is InChI=1S/C10H28N6/c1-7(11)15(8(2)12)5-6-16(9(3)13)10(4)14/h7-10H,5-6,11-14H2,1-4H3. The van der Waals surface area contributed by atoms with Gasteiger partial charge in [-0.05, 0) is 27.7 Å². The second-order valence-electron chi connectivity index (χ2n) is 4.44. The van der Waals surface area contributed by atoms with E-state index in [1.807, 2.05) is 37.5 Å². The molecule has 16 heavy (non-hydrogen) atoms. The van der Waals surface area contributed by atoms with Crippen LogP contribution in [0.15, 0.2) is 0 Å². The SMILES string of the molecule is CC(N)N(CCN(C(C)N)C(C)N)C(C)N. The van der Waals surface area contributed by atoms with Crippen molar-refractivity contribution in [3.8, 4) is 0 Å². The molecule has 0 aromatic rings. The molecule has 0 rings (SSSR count). The highest BCUT2D eigenvalue weighted by molar-refractivity contribution is 4.71. The Morgan fingerprint density at radius 2 is 0.812 bits per heavy atom. The van der Waals surface area contributed by atoms with Gasteiger partial charge in [0.25, 0.3) is 0 Å².